The molecule has 1 N–H and O–H groups in total. The van der Waals surface area contributed by atoms with Crippen molar-refractivity contribution in [3.05, 3.63) is 111 Å². The Balaban J connectivity index is 1.35. The van der Waals surface area contributed by atoms with Crippen molar-refractivity contribution in [3.63, 3.8) is 0 Å². The summed E-state index contributed by atoms with van der Waals surface area (Å²) in [5, 5.41) is 18.5. The first-order chi connectivity index (χ1) is 22.4. The van der Waals surface area contributed by atoms with E-state index in [0.717, 1.165) is 12.1 Å². The minimum atomic E-state index is -1.45. The molecule has 1 fully saturated rings. The number of aromatic nitrogens is 3. The summed E-state index contributed by atoms with van der Waals surface area (Å²) in [6, 6.07) is 13.0. The molecular weight excluding hydrogens is 640 g/mol. The van der Waals surface area contributed by atoms with Crippen molar-refractivity contribution >= 4 is 28.6 Å². The predicted octanol–water partition coefficient (Wildman–Crippen LogP) is 7.65. The number of nitriles is 1. The Bertz CT molecular complexity index is 2110. The molecule has 0 aliphatic carbocycles. The molecule has 8 nitrogen and oxygen atoms in total. The van der Waals surface area contributed by atoms with E-state index in [4.69, 9.17) is 26.3 Å². The number of hydrogen-bond acceptors (Lipinski definition) is 6. The summed E-state index contributed by atoms with van der Waals surface area (Å²) in [5.41, 5.74) is -0.630. The number of rotatable bonds is 8. The molecule has 13 heteroatoms. The van der Waals surface area contributed by atoms with Gasteiger partial charge in [-0.2, -0.15) is 5.26 Å². The van der Waals surface area contributed by atoms with Crippen molar-refractivity contribution in [1.29, 1.82) is 5.26 Å². The summed E-state index contributed by atoms with van der Waals surface area (Å²) >= 11 is 6.19. The highest BCUT2D eigenvalue weighted by atomic mass is 35.5. The van der Waals surface area contributed by atoms with Crippen LogP contribution in [-0.2, 0) is 17.8 Å². The first-order valence-electron chi connectivity index (χ1n) is 14.3. The van der Waals surface area contributed by atoms with Gasteiger partial charge in [-0.05, 0) is 48.5 Å². The van der Waals surface area contributed by atoms with E-state index in [1.807, 2.05) is 19.9 Å². The van der Waals surface area contributed by atoms with E-state index in [1.54, 1.807) is 4.57 Å². The number of ether oxygens (including phenoxy) is 2. The predicted molar refractivity (Wildman–Crippen MR) is 163 cm³/mol. The number of carboxylic acids is 1. The van der Waals surface area contributed by atoms with Crippen LogP contribution < -0.4 is 4.74 Å². The lowest BCUT2D eigenvalue weighted by Gasteiger charge is -2.28. The normalized spacial score (nSPS) is 15.6. The van der Waals surface area contributed by atoms with Gasteiger partial charge in [-0.3, -0.25) is 0 Å². The van der Waals surface area contributed by atoms with Gasteiger partial charge in [-0.15, -0.1) is 0 Å². The standard InChI is InChI=1S/C34H25ClF4N4O4/c1-34(2)16-46-15-28(34)43-27-10-18(33(44)45)5-7-26(27)41-29(43)12-20-24(37)11-21(31(39)30(20)38)25-8-6-22(35)32(42-25)47-14-19-4-3-17(13-40)9-23(19)36/h3-11,28H,12,14-16H2,1-2H3,(H,44,45)/t28-/m1/s1. The molecule has 0 radical (unpaired) electrons. The van der Waals surface area contributed by atoms with Crippen LogP contribution in [0.25, 0.3) is 22.3 Å². The Morgan fingerprint density at radius 2 is 1.87 bits per heavy atom. The Labute approximate surface area is 270 Å². The number of aromatic carboxylic acids is 1. The van der Waals surface area contributed by atoms with E-state index in [2.05, 4.69) is 9.97 Å². The van der Waals surface area contributed by atoms with Gasteiger partial charge in [-0.25, -0.2) is 32.3 Å². The van der Waals surface area contributed by atoms with Gasteiger partial charge in [0.25, 0.3) is 0 Å². The van der Waals surface area contributed by atoms with E-state index < -0.39 is 52.2 Å². The Kier molecular flexibility index (Phi) is 8.38. The zero-order chi connectivity index (χ0) is 33.6. The fourth-order valence-corrected chi connectivity index (χ4v) is 5.78. The summed E-state index contributed by atoms with van der Waals surface area (Å²) < 4.78 is 74.4. The second-order valence-electron chi connectivity index (χ2n) is 11.8. The highest BCUT2D eigenvalue weighted by Crippen LogP contribution is 2.41. The van der Waals surface area contributed by atoms with E-state index in [0.29, 0.717) is 17.6 Å². The third-order valence-corrected chi connectivity index (χ3v) is 8.49. The molecular formula is C34H25ClF4N4O4. The summed E-state index contributed by atoms with van der Waals surface area (Å²) in [5.74, 6) is -5.76. The van der Waals surface area contributed by atoms with Gasteiger partial charge in [0, 0.05) is 28.5 Å². The number of pyridine rings is 1. The second-order valence-corrected chi connectivity index (χ2v) is 12.2. The minimum Gasteiger partial charge on any atom is -0.478 e. The van der Waals surface area contributed by atoms with Crippen molar-refractivity contribution in [3.8, 4) is 23.2 Å². The third kappa shape index (κ3) is 6.00. The van der Waals surface area contributed by atoms with Crippen molar-refractivity contribution in [1.82, 2.24) is 14.5 Å². The van der Waals surface area contributed by atoms with Crippen molar-refractivity contribution in [2.75, 3.05) is 13.2 Å². The second kappa shape index (κ2) is 12.3. The number of imidazole rings is 1. The Morgan fingerprint density at radius 1 is 1.09 bits per heavy atom. The van der Waals surface area contributed by atoms with Crippen LogP contribution in [-0.4, -0.2) is 38.8 Å². The molecule has 1 aliphatic rings. The lowest BCUT2D eigenvalue weighted by Crippen LogP contribution is -2.27. The molecule has 1 aliphatic heterocycles. The van der Waals surface area contributed by atoms with E-state index in [9.17, 15) is 14.3 Å². The topological polar surface area (TPSA) is 110 Å². The number of carboxylic acid groups (broad SMARTS) is 1. The van der Waals surface area contributed by atoms with Gasteiger partial charge in [0.15, 0.2) is 11.6 Å². The molecule has 0 unspecified atom stereocenters. The van der Waals surface area contributed by atoms with Crippen LogP contribution in [0.1, 0.15) is 52.8 Å². The van der Waals surface area contributed by atoms with Gasteiger partial charge in [0.2, 0.25) is 5.88 Å². The lowest BCUT2D eigenvalue weighted by atomic mass is 9.87. The van der Waals surface area contributed by atoms with Gasteiger partial charge in [-0.1, -0.05) is 31.5 Å². The van der Waals surface area contributed by atoms with Crippen LogP contribution in [0.15, 0.2) is 54.6 Å². The monoisotopic (exact) mass is 664 g/mol. The quantitative estimate of drug-likeness (QED) is 0.134. The highest BCUT2D eigenvalue weighted by molar-refractivity contribution is 6.31. The van der Waals surface area contributed by atoms with Gasteiger partial charge in [0.05, 0.1) is 53.2 Å². The average molecular weight is 665 g/mol. The molecule has 240 valence electrons. The summed E-state index contributed by atoms with van der Waals surface area (Å²) in [6.45, 7) is 4.22. The van der Waals surface area contributed by atoms with Crippen LogP contribution in [0.4, 0.5) is 17.6 Å². The molecule has 1 atom stereocenters. The van der Waals surface area contributed by atoms with Crippen LogP contribution in [0.2, 0.25) is 5.02 Å². The largest absolute Gasteiger partial charge is 0.478 e. The Morgan fingerprint density at radius 3 is 2.55 bits per heavy atom. The highest BCUT2D eigenvalue weighted by Gasteiger charge is 2.39. The molecule has 1 saturated heterocycles. The maximum absolute atomic E-state index is 15.7. The smallest absolute Gasteiger partial charge is 0.335 e. The first kappa shape index (κ1) is 32.0. The zero-order valence-electron chi connectivity index (χ0n) is 25.0. The molecule has 6 rings (SSSR count). The molecule has 0 spiro atoms. The summed E-state index contributed by atoms with van der Waals surface area (Å²) in [4.78, 5) is 20.4. The molecule has 3 heterocycles. The summed E-state index contributed by atoms with van der Waals surface area (Å²) in [6.07, 6.45) is -0.447. The van der Waals surface area contributed by atoms with Crippen molar-refractivity contribution in [2.45, 2.75) is 32.9 Å². The molecule has 0 amide bonds. The molecule has 0 bridgehead atoms. The number of carbonyl (C=O) groups is 1. The van der Waals surface area contributed by atoms with Crippen LogP contribution in [0, 0.1) is 40.0 Å². The van der Waals surface area contributed by atoms with E-state index in [-0.39, 0.29) is 58.4 Å². The Hall–Kier alpha value is -4.99. The third-order valence-electron chi connectivity index (χ3n) is 8.20. The molecule has 2 aromatic heterocycles. The van der Waals surface area contributed by atoms with E-state index in [1.165, 1.54) is 42.5 Å². The van der Waals surface area contributed by atoms with Gasteiger partial charge in [0.1, 0.15) is 29.1 Å². The first-order valence-corrected chi connectivity index (χ1v) is 14.7. The molecule has 3 aromatic carbocycles. The lowest BCUT2D eigenvalue weighted by molar-refractivity contribution is 0.0697. The van der Waals surface area contributed by atoms with Crippen LogP contribution in [0.3, 0.4) is 0 Å². The average Bonchev–Trinajstić information content (AvgIpc) is 3.58. The van der Waals surface area contributed by atoms with Crippen LogP contribution in [0.5, 0.6) is 5.88 Å². The fourth-order valence-electron chi connectivity index (χ4n) is 5.62. The maximum atomic E-state index is 15.7. The van der Waals surface area contributed by atoms with Gasteiger partial charge >= 0.3 is 5.97 Å². The number of halogens is 5. The van der Waals surface area contributed by atoms with E-state index >= 15 is 13.2 Å². The summed E-state index contributed by atoms with van der Waals surface area (Å²) in [7, 11) is 0. The molecule has 47 heavy (non-hydrogen) atoms. The number of benzene rings is 3. The minimum absolute atomic E-state index is 0.00968. The number of nitrogens with zero attached hydrogens (tertiary/aromatic N) is 4. The van der Waals surface area contributed by atoms with Crippen LogP contribution >= 0.6 is 11.6 Å². The SMILES string of the molecule is CC1(C)COC[C@H]1n1c(Cc2c(F)cc(-c3ccc(Cl)c(OCc4ccc(C#N)cc4F)n3)c(F)c2F)nc2ccc(C(=O)O)cc21. The maximum Gasteiger partial charge on any atom is 0.335 e. The number of fused-ring (bicyclic) bond motifs is 1. The fraction of sp³-hybridized carbons (Fsp3) is 0.235. The molecule has 0 saturated carbocycles. The number of hydrogen-bond donors (Lipinski definition) is 1. The zero-order valence-corrected chi connectivity index (χ0v) is 25.7. The van der Waals surface area contributed by atoms with Crippen molar-refractivity contribution < 1.29 is 36.9 Å². The van der Waals surface area contributed by atoms with Crippen molar-refractivity contribution in [2.24, 2.45) is 5.41 Å². The van der Waals surface area contributed by atoms with Gasteiger partial charge < -0.3 is 19.1 Å². The molecule has 5 aromatic rings.